The molecule has 1 atom stereocenters. The lowest BCUT2D eigenvalue weighted by molar-refractivity contribution is -0.203. The highest BCUT2D eigenvalue weighted by atomic mass is 35.5. The average molecular weight is 341 g/mol. The quantitative estimate of drug-likeness (QED) is 0.690. The average Bonchev–Trinajstić information content (AvgIpc) is 2.31. The first-order valence-electron chi connectivity index (χ1n) is 7.17. The highest BCUT2D eigenvalue weighted by Gasteiger charge is 2.44. The molecule has 1 aliphatic rings. The zero-order valence-electron chi connectivity index (χ0n) is 12.8. The van der Waals surface area contributed by atoms with E-state index >= 15 is 0 Å². The molecule has 126 valence electrons. The summed E-state index contributed by atoms with van der Waals surface area (Å²) in [5.41, 5.74) is -0.326. The van der Waals surface area contributed by atoms with E-state index in [1.54, 1.807) is 0 Å². The summed E-state index contributed by atoms with van der Waals surface area (Å²) < 4.78 is 41.8. The molecule has 0 saturated heterocycles. The second kappa shape index (κ2) is 7.02. The molecule has 1 aliphatic carbocycles. The summed E-state index contributed by atoms with van der Waals surface area (Å²) in [5, 5.41) is 0.192. The topological polar surface area (TPSA) is 43.4 Å². The van der Waals surface area contributed by atoms with Crippen LogP contribution in [0, 0.1) is 5.41 Å². The molecule has 0 aliphatic heterocycles. The Morgan fingerprint density at radius 3 is 2.41 bits per heavy atom. The number of rotatable bonds is 5. The molecule has 0 spiro atoms. The molecular formula is C15H20ClF3O3. The Balaban J connectivity index is 3.06. The highest BCUT2D eigenvalue weighted by Crippen LogP contribution is 2.41. The Kier molecular flexibility index (Phi) is 6.07. The van der Waals surface area contributed by atoms with E-state index < -0.39 is 18.2 Å². The van der Waals surface area contributed by atoms with Crippen molar-refractivity contribution in [2.24, 2.45) is 5.41 Å². The molecule has 0 N–H and O–H groups in total. The summed E-state index contributed by atoms with van der Waals surface area (Å²) in [6.45, 7) is 5.56. The Hall–Kier alpha value is -1.04. The summed E-state index contributed by atoms with van der Waals surface area (Å²) in [4.78, 5) is 23.3. The van der Waals surface area contributed by atoms with Crippen LogP contribution in [0.1, 0.15) is 52.9 Å². The molecule has 0 amide bonds. The van der Waals surface area contributed by atoms with Gasteiger partial charge in [-0.3, -0.25) is 4.79 Å². The molecule has 7 heteroatoms. The maximum atomic E-state index is 12.4. The summed E-state index contributed by atoms with van der Waals surface area (Å²) in [6.07, 6.45) is -4.40. The number of alkyl halides is 3. The predicted octanol–water partition coefficient (Wildman–Crippen LogP) is 4.53. The maximum Gasteiger partial charge on any atom is 0.490 e. The summed E-state index contributed by atoms with van der Waals surface area (Å²) in [6, 6.07) is 0. The van der Waals surface area contributed by atoms with Gasteiger partial charge in [0, 0.05) is 11.5 Å². The molecule has 1 rings (SSSR count). The smallest absolute Gasteiger partial charge is 0.451 e. The van der Waals surface area contributed by atoms with Crippen LogP contribution in [-0.2, 0) is 14.3 Å². The Bertz CT molecular complexity index is 481. The SMILES string of the molecule is CCCCC(OC(=O)C(F)(F)F)C1=C(Cl)CC(C)(C)CC1=O. The number of unbranched alkanes of at least 4 members (excludes halogenated alkanes) is 1. The van der Waals surface area contributed by atoms with Crippen LogP contribution in [-0.4, -0.2) is 24.0 Å². The monoisotopic (exact) mass is 340 g/mol. The third-order valence-electron chi connectivity index (χ3n) is 3.49. The molecule has 22 heavy (non-hydrogen) atoms. The number of carbonyl (C=O) groups excluding carboxylic acids is 2. The lowest BCUT2D eigenvalue weighted by atomic mass is 9.76. The van der Waals surface area contributed by atoms with E-state index in [1.807, 2.05) is 20.8 Å². The van der Waals surface area contributed by atoms with Crippen molar-refractivity contribution in [3.63, 3.8) is 0 Å². The minimum Gasteiger partial charge on any atom is -0.451 e. The van der Waals surface area contributed by atoms with Crippen LogP contribution in [0.15, 0.2) is 10.6 Å². The van der Waals surface area contributed by atoms with E-state index in [4.69, 9.17) is 11.6 Å². The molecule has 0 fully saturated rings. The first-order chi connectivity index (χ1) is 9.98. The highest BCUT2D eigenvalue weighted by molar-refractivity contribution is 6.32. The second-order valence-corrected chi connectivity index (χ2v) is 6.75. The van der Waals surface area contributed by atoms with Gasteiger partial charge in [-0.1, -0.05) is 38.8 Å². The molecule has 0 aromatic heterocycles. The third kappa shape index (κ3) is 5.00. The van der Waals surface area contributed by atoms with Crippen LogP contribution in [0.5, 0.6) is 0 Å². The van der Waals surface area contributed by atoms with Gasteiger partial charge in [0.2, 0.25) is 0 Å². The predicted molar refractivity (Wildman–Crippen MR) is 76.4 cm³/mol. The fourth-order valence-electron chi connectivity index (χ4n) is 2.46. The number of ketones is 1. The van der Waals surface area contributed by atoms with Gasteiger partial charge in [-0.05, 0) is 24.7 Å². The van der Waals surface area contributed by atoms with Gasteiger partial charge >= 0.3 is 12.1 Å². The van der Waals surface area contributed by atoms with Crippen LogP contribution < -0.4 is 0 Å². The van der Waals surface area contributed by atoms with Crippen LogP contribution in [0.4, 0.5) is 13.2 Å². The summed E-state index contributed by atoms with van der Waals surface area (Å²) in [5.74, 6) is -2.64. The van der Waals surface area contributed by atoms with E-state index in [9.17, 15) is 22.8 Å². The lowest BCUT2D eigenvalue weighted by Gasteiger charge is -2.32. The minimum absolute atomic E-state index is 0.0204. The number of allylic oxidation sites excluding steroid dienone is 1. The molecule has 0 saturated carbocycles. The van der Waals surface area contributed by atoms with Crippen molar-refractivity contribution < 1.29 is 27.5 Å². The van der Waals surface area contributed by atoms with Gasteiger partial charge in [0.05, 0.1) is 5.57 Å². The molecule has 0 aromatic carbocycles. The Morgan fingerprint density at radius 1 is 1.36 bits per heavy atom. The van der Waals surface area contributed by atoms with Crippen LogP contribution in [0.3, 0.4) is 0 Å². The van der Waals surface area contributed by atoms with E-state index in [0.717, 1.165) is 0 Å². The zero-order chi connectivity index (χ0) is 17.1. The van der Waals surface area contributed by atoms with Gasteiger partial charge in [0.1, 0.15) is 6.10 Å². The van der Waals surface area contributed by atoms with Crippen molar-refractivity contribution in [1.82, 2.24) is 0 Å². The first kappa shape index (κ1) is 19.0. The fraction of sp³-hybridized carbons (Fsp3) is 0.733. The van der Waals surface area contributed by atoms with Gasteiger partial charge in [-0.15, -0.1) is 0 Å². The minimum atomic E-state index is -5.09. The van der Waals surface area contributed by atoms with Crippen LogP contribution >= 0.6 is 11.6 Å². The van der Waals surface area contributed by atoms with Gasteiger partial charge in [0.25, 0.3) is 0 Å². The number of halogens is 4. The number of hydrogen-bond acceptors (Lipinski definition) is 3. The molecule has 0 aromatic rings. The van der Waals surface area contributed by atoms with Crippen molar-refractivity contribution in [2.75, 3.05) is 0 Å². The maximum absolute atomic E-state index is 12.4. The van der Waals surface area contributed by atoms with Crippen LogP contribution in [0.2, 0.25) is 0 Å². The fourth-order valence-corrected chi connectivity index (χ4v) is 3.05. The number of esters is 1. The van der Waals surface area contributed by atoms with Crippen molar-refractivity contribution in [1.29, 1.82) is 0 Å². The van der Waals surface area contributed by atoms with Gasteiger partial charge in [-0.2, -0.15) is 13.2 Å². The number of carbonyl (C=O) groups is 2. The van der Waals surface area contributed by atoms with E-state index in [1.165, 1.54) is 0 Å². The molecule has 0 heterocycles. The molecular weight excluding hydrogens is 321 g/mol. The standard InChI is InChI=1S/C15H20ClF3O3/c1-4-5-6-11(22-13(21)15(17,18)19)12-9(16)7-14(2,3)8-10(12)20/h11H,4-8H2,1-3H3. The lowest BCUT2D eigenvalue weighted by Crippen LogP contribution is -2.36. The first-order valence-corrected chi connectivity index (χ1v) is 7.55. The van der Waals surface area contributed by atoms with Crippen molar-refractivity contribution >= 4 is 23.4 Å². The number of hydrogen-bond donors (Lipinski definition) is 0. The van der Waals surface area contributed by atoms with Crippen molar-refractivity contribution in [3.05, 3.63) is 10.6 Å². The molecule has 1 unspecified atom stereocenters. The van der Waals surface area contributed by atoms with Crippen molar-refractivity contribution in [3.8, 4) is 0 Å². The van der Waals surface area contributed by atoms with E-state index in [0.29, 0.717) is 19.3 Å². The molecule has 3 nitrogen and oxygen atoms in total. The number of Topliss-reactive ketones (excluding diaryl/α,β-unsaturated/α-hetero) is 1. The summed E-state index contributed by atoms with van der Waals surface area (Å²) in [7, 11) is 0. The molecule has 0 bridgehead atoms. The van der Waals surface area contributed by atoms with Crippen molar-refractivity contribution in [2.45, 2.75) is 65.2 Å². The summed E-state index contributed by atoms with van der Waals surface area (Å²) >= 11 is 6.12. The second-order valence-electron chi connectivity index (χ2n) is 6.29. The third-order valence-corrected chi connectivity index (χ3v) is 3.83. The number of ether oxygens (including phenoxy) is 1. The van der Waals surface area contributed by atoms with Gasteiger partial charge < -0.3 is 4.74 Å². The largest absolute Gasteiger partial charge is 0.490 e. The van der Waals surface area contributed by atoms with E-state index in [2.05, 4.69) is 4.74 Å². The van der Waals surface area contributed by atoms with Crippen LogP contribution in [0.25, 0.3) is 0 Å². The normalized spacial score (nSPS) is 20.0. The van der Waals surface area contributed by atoms with Gasteiger partial charge in [-0.25, -0.2) is 4.79 Å². The van der Waals surface area contributed by atoms with Gasteiger partial charge in [0.15, 0.2) is 5.78 Å². The zero-order valence-corrected chi connectivity index (χ0v) is 13.6. The molecule has 0 radical (unpaired) electrons. The Morgan fingerprint density at radius 2 is 1.95 bits per heavy atom. The van der Waals surface area contributed by atoms with E-state index in [-0.39, 0.29) is 34.6 Å². The Labute approximate surface area is 132 Å².